The third-order valence-electron chi connectivity index (χ3n) is 12.9. The molecule has 0 spiro atoms. The number of carbonyl (C=O) groups excluding carboxylic acids is 4. The number of imidazole rings is 2. The molecular weight excluding hydrogens is 823 g/mol. The third kappa shape index (κ3) is 8.47. The maximum absolute atomic E-state index is 13.8. The minimum atomic E-state index is -0.716. The fourth-order valence-corrected chi connectivity index (χ4v) is 9.59. The highest BCUT2D eigenvalue weighted by Crippen LogP contribution is 2.46. The Hall–Kier alpha value is -6.90. The van der Waals surface area contributed by atoms with Gasteiger partial charge in [-0.1, -0.05) is 77.6 Å². The van der Waals surface area contributed by atoms with Crippen LogP contribution in [0.25, 0.3) is 44.7 Å². The van der Waals surface area contributed by atoms with Gasteiger partial charge in [0.2, 0.25) is 23.9 Å². The summed E-state index contributed by atoms with van der Waals surface area (Å²) < 4.78 is 14.0. The number of carbonyl (C=O) groups is 4. The molecule has 0 saturated carbocycles. The second kappa shape index (κ2) is 18.3. The van der Waals surface area contributed by atoms with Crippen molar-refractivity contribution in [3.63, 3.8) is 0 Å². The SMILES string of the molecule is C.COC(=O)N[C@H](C(=O)N1CCC[C@H]1c1ncc(-c2ccc3c(c2)O[C@@H](c2ccccc2)n2c-3cc3cc(-c4cnc([C@@H]5CCCN5C(=O)[C@@H](NC(C)=O)C(C)C)[nH]4)ccc32)[nH]1)C(C)C. The molecule has 0 bridgehead atoms. The molecule has 6 aromatic rings. The lowest BCUT2D eigenvalue weighted by Gasteiger charge is -2.30. The second-order valence-electron chi connectivity index (χ2n) is 17.8. The van der Waals surface area contributed by atoms with Gasteiger partial charge in [0, 0.05) is 47.7 Å². The van der Waals surface area contributed by atoms with Gasteiger partial charge in [-0.15, -0.1) is 0 Å². The summed E-state index contributed by atoms with van der Waals surface area (Å²) in [7, 11) is 1.29. The first kappa shape index (κ1) is 44.7. The van der Waals surface area contributed by atoms with E-state index in [0.717, 1.165) is 87.5 Å². The molecular formula is C50H59N9O6. The van der Waals surface area contributed by atoms with Gasteiger partial charge in [0.1, 0.15) is 29.5 Å². The van der Waals surface area contributed by atoms with Crippen LogP contribution < -0.4 is 15.4 Å². The lowest BCUT2D eigenvalue weighted by atomic mass is 10.0. The number of methoxy groups -OCH3 is 1. The number of benzene rings is 3. The molecule has 3 aromatic carbocycles. The van der Waals surface area contributed by atoms with Crippen LogP contribution in [0, 0.1) is 11.8 Å². The van der Waals surface area contributed by atoms with Crippen molar-refractivity contribution in [1.29, 1.82) is 0 Å². The summed E-state index contributed by atoms with van der Waals surface area (Å²) in [5, 5.41) is 6.61. The molecule has 2 saturated heterocycles. The number of fused-ring (bicyclic) bond motifs is 5. The number of hydrogen-bond donors (Lipinski definition) is 4. The first-order chi connectivity index (χ1) is 30.9. The number of hydrogen-bond acceptors (Lipinski definition) is 8. The average Bonchev–Trinajstić information content (AvgIpc) is 4.15. The monoisotopic (exact) mass is 881 g/mol. The standard InChI is InChI=1S/C49H55N9O6.CH4/c1-27(2)42(52-29(5)59)46(60)56-20-10-14-38(56)44-50-25-35(53-44)31-17-19-37-33(22-31)23-40-34-18-16-32(24-41(34)64-48(58(37)40)30-12-8-7-9-13-30)36-26-51-45(54-36)39-15-11-21-57(39)47(61)43(28(3)4)55-49(62)63-6;/h7-9,12-13,16-19,22-28,38-39,42-43,48H,10-11,14-15,20-21H2,1-6H3,(H,50,53)(H,51,54)(H,52,59)(H,55,62);1H4/t38-,39-,42-,43-,48-;/m0./s1. The van der Waals surface area contributed by atoms with E-state index in [1.165, 1.54) is 14.0 Å². The molecule has 4 N–H and O–H groups in total. The Bertz CT molecular complexity index is 2720. The van der Waals surface area contributed by atoms with Crippen LogP contribution in [-0.2, 0) is 19.1 Å². The Morgan fingerprint density at radius 2 is 1.32 bits per heavy atom. The summed E-state index contributed by atoms with van der Waals surface area (Å²) in [6.45, 7) is 10.3. The fraction of sp³-hybridized carbons (Fsp3) is 0.400. The molecule has 3 aliphatic rings. The highest BCUT2D eigenvalue weighted by atomic mass is 16.5. The number of aromatic amines is 2. The first-order valence-corrected chi connectivity index (χ1v) is 22.2. The van der Waals surface area contributed by atoms with Gasteiger partial charge in [0.25, 0.3) is 0 Å². The zero-order valence-corrected chi connectivity index (χ0v) is 37.1. The predicted molar refractivity (Wildman–Crippen MR) is 248 cm³/mol. The van der Waals surface area contributed by atoms with E-state index in [-0.39, 0.29) is 49.1 Å². The van der Waals surface area contributed by atoms with E-state index < -0.39 is 24.4 Å². The van der Waals surface area contributed by atoms with Crippen LogP contribution in [0.4, 0.5) is 4.79 Å². The molecule has 4 amide bonds. The van der Waals surface area contributed by atoms with Crippen molar-refractivity contribution in [2.75, 3.05) is 20.2 Å². The quantitative estimate of drug-likeness (QED) is 0.1000. The summed E-state index contributed by atoms with van der Waals surface area (Å²) in [4.78, 5) is 71.8. The van der Waals surface area contributed by atoms with Gasteiger partial charge in [-0.25, -0.2) is 14.8 Å². The number of alkyl carbamates (subject to hydrolysis) is 1. The maximum Gasteiger partial charge on any atom is 0.407 e. The zero-order valence-electron chi connectivity index (χ0n) is 37.1. The molecule has 0 radical (unpaired) electrons. The number of amides is 4. The topological polar surface area (TPSA) is 180 Å². The summed E-state index contributed by atoms with van der Waals surface area (Å²) in [6.07, 6.45) is 5.78. The van der Waals surface area contributed by atoms with Gasteiger partial charge in [-0.05, 0) is 67.9 Å². The Balaban J connectivity index is 0.00000576. The van der Waals surface area contributed by atoms with Gasteiger partial charge in [0.05, 0.1) is 54.2 Å². The number of ether oxygens (including phenoxy) is 2. The normalized spacial score (nSPS) is 18.7. The smallest absolute Gasteiger partial charge is 0.407 e. The molecule has 5 atom stereocenters. The van der Waals surface area contributed by atoms with E-state index in [4.69, 9.17) is 19.4 Å². The van der Waals surface area contributed by atoms with E-state index in [1.807, 2.05) is 68.0 Å². The van der Waals surface area contributed by atoms with Crippen LogP contribution in [0.2, 0.25) is 0 Å². The minimum Gasteiger partial charge on any atom is -0.465 e. The van der Waals surface area contributed by atoms with E-state index in [1.54, 1.807) is 6.20 Å². The van der Waals surface area contributed by atoms with Crippen molar-refractivity contribution in [3.8, 4) is 39.5 Å². The molecule has 340 valence electrons. The van der Waals surface area contributed by atoms with Crippen LogP contribution in [-0.4, -0.2) is 90.4 Å². The zero-order chi connectivity index (χ0) is 44.8. The van der Waals surface area contributed by atoms with Crippen molar-refractivity contribution in [2.24, 2.45) is 11.8 Å². The number of aromatic nitrogens is 5. The Morgan fingerprint density at radius 3 is 1.89 bits per heavy atom. The van der Waals surface area contributed by atoms with Crippen LogP contribution in [0.5, 0.6) is 5.75 Å². The fourth-order valence-electron chi connectivity index (χ4n) is 9.59. The molecule has 2 fully saturated rings. The van der Waals surface area contributed by atoms with E-state index >= 15 is 0 Å². The lowest BCUT2D eigenvalue weighted by molar-refractivity contribution is -0.138. The van der Waals surface area contributed by atoms with E-state index in [9.17, 15) is 19.2 Å². The number of H-pyrrole nitrogens is 2. The minimum absolute atomic E-state index is 0. The van der Waals surface area contributed by atoms with Crippen molar-refractivity contribution in [3.05, 3.63) is 102 Å². The second-order valence-corrected chi connectivity index (χ2v) is 17.8. The molecule has 0 unspecified atom stereocenters. The summed E-state index contributed by atoms with van der Waals surface area (Å²) in [5.74, 6) is 1.52. The number of nitrogens with zero attached hydrogens (tertiary/aromatic N) is 5. The van der Waals surface area contributed by atoms with Crippen LogP contribution >= 0.6 is 0 Å². The van der Waals surface area contributed by atoms with Crippen LogP contribution in [0.1, 0.15) is 103 Å². The molecule has 9 rings (SSSR count). The van der Waals surface area contributed by atoms with Crippen LogP contribution in [0.3, 0.4) is 0 Å². The molecule has 3 aromatic heterocycles. The van der Waals surface area contributed by atoms with Gasteiger partial charge >= 0.3 is 6.09 Å². The number of nitrogens with one attached hydrogen (secondary N) is 4. The summed E-state index contributed by atoms with van der Waals surface area (Å²) in [5.41, 5.74) is 7.51. The van der Waals surface area contributed by atoms with Gasteiger partial charge in [0.15, 0.2) is 0 Å². The van der Waals surface area contributed by atoms with Gasteiger partial charge in [-0.3, -0.25) is 14.4 Å². The molecule has 15 nitrogen and oxygen atoms in total. The van der Waals surface area contributed by atoms with Crippen molar-refractivity contribution >= 4 is 34.7 Å². The Morgan fingerprint density at radius 1 is 0.754 bits per heavy atom. The predicted octanol–water partition coefficient (Wildman–Crippen LogP) is 8.53. The number of likely N-dealkylation sites (tertiary alicyclic amines) is 2. The van der Waals surface area contributed by atoms with Crippen molar-refractivity contribution < 1.29 is 28.7 Å². The number of rotatable bonds is 11. The third-order valence-corrected chi connectivity index (χ3v) is 12.9. The Kier molecular flexibility index (Phi) is 12.6. The summed E-state index contributed by atoms with van der Waals surface area (Å²) in [6, 6.07) is 23.2. The van der Waals surface area contributed by atoms with E-state index in [2.05, 4.69) is 73.7 Å². The first-order valence-electron chi connectivity index (χ1n) is 22.2. The highest BCUT2D eigenvalue weighted by Gasteiger charge is 2.39. The lowest BCUT2D eigenvalue weighted by Crippen LogP contribution is -2.51. The Labute approximate surface area is 379 Å². The van der Waals surface area contributed by atoms with Crippen LogP contribution in [0.15, 0.2) is 85.2 Å². The maximum atomic E-state index is 13.8. The molecule has 65 heavy (non-hydrogen) atoms. The average molecular weight is 882 g/mol. The van der Waals surface area contributed by atoms with Gasteiger partial charge in [-0.2, -0.15) is 0 Å². The molecule has 3 aliphatic heterocycles. The highest BCUT2D eigenvalue weighted by molar-refractivity contribution is 5.93. The summed E-state index contributed by atoms with van der Waals surface area (Å²) >= 11 is 0. The largest absolute Gasteiger partial charge is 0.465 e. The molecule has 6 heterocycles. The molecule has 0 aliphatic carbocycles. The molecule has 15 heteroatoms. The van der Waals surface area contributed by atoms with E-state index in [0.29, 0.717) is 18.9 Å². The van der Waals surface area contributed by atoms with Crippen molar-refractivity contribution in [1.82, 2.24) is 44.9 Å². The van der Waals surface area contributed by atoms with Gasteiger partial charge < -0.3 is 44.4 Å². The van der Waals surface area contributed by atoms with Crippen molar-refractivity contribution in [2.45, 2.75) is 98.1 Å².